The first-order valence-corrected chi connectivity index (χ1v) is 9.76. The van der Waals surface area contributed by atoms with Gasteiger partial charge >= 0.3 is 0 Å². The fraction of sp³-hybridized carbons (Fsp3) is 0.455. The molecule has 0 atom stereocenters. The van der Waals surface area contributed by atoms with Gasteiger partial charge in [0.2, 0.25) is 0 Å². The summed E-state index contributed by atoms with van der Waals surface area (Å²) in [5.41, 5.74) is 9.66. The lowest BCUT2D eigenvalue weighted by Gasteiger charge is -2.25. The average Bonchev–Trinajstić information content (AvgIpc) is 2.90. The minimum Gasteiger partial charge on any atom is -0.318 e. The van der Waals surface area contributed by atoms with Crippen molar-refractivity contribution < 1.29 is 4.79 Å². The molecule has 1 saturated heterocycles. The highest BCUT2D eigenvalue weighted by molar-refractivity contribution is 5.84. The Morgan fingerprint density at radius 1 is 1.11 bits per heavy atom. The van der Waals surface area contributed by atoms with Crippen molar-refractivity contribution in [1.29, 1.82) is 0 Å². The van der Waals surface area contributed by atoms with E-state index < -0.39 is 0 Å². The number of hydrogen-bond donors (Lipinski definition) is 1. The van der Waals surface area contributed by atoms with Crippen molar-refractivity contribution in [2.75, 3.05) is 19.6 Å². The van der Waals surface area contributed by atoms with E-state index in [0.29, 0.717) is 6.54 Å². The summed E-state index contributed by atoms with van der Waals surface area (Å²) in [6.45, 7) is 10.9. The van der Waals surface area contributed by atoms with Gasteiger partial charge < -0.3 is 4.57 Å². The van der Waals surface area contributed by atoms with Crippen LogP contribution in [-0.2, 0) is 4.79 Å². The van der Waals surface area contributed by atoms with Gasteiger partial charge in [0.15, 0.2) is 0 Å². The quantitative estimate of drug-likeness (QED) is 0.649. The zero-order valence-corrected chi connectivity index (χ0v) is 16.9. The van der Waals surface area contributed by atoms with Gasteiger partial charge in [-0.2, -0.15) is 5.10 Å². The molecule has 0 unspecified atom stereocenters. The first kappa shape index (κ1) is 19.4. The van der Waals surface area contributed by atoms with E-state index in [1.165, 1.54) is 36.1 Å². The Morgan fingerprint density at radius 2 is 1.85 bits per heavy atom. The van der Waals surface area contributed by atoms with E-state index in [1.54, 1.807) is 6.21 Å². The molecular formula is C22H30N4O. The highest BCUT2D eigenvalue weighted by atomic mass is 16.2. The second kappa shape index (κ2) is 8.53. The van der Waals surface area contributed by atoms with E-state index in [0.717, 1.165) is 30.0 Å². The third-order valence-electron chi connectivity index (χ3n) is 5.27. The van der Waals surface area contributed by atoms with E-state index >= 15 is 0 Å². The van der Waals surface area contributed by atoms with Crippen molar-refractivity contribution in [2.24, 2.45) is 5.10 Å². The standard InChI is InChI=1S/C22H30N4O/c1-16-8-9-21(17(2)12-16)26-18(3)13-20(19(26)4)14-23-24-22(27)15-25-10-6-5-7-11-25/h8-9,12-14H,5-7,10-11,15H2,1-4H3,(H,24,27)/b23-14-. The smallest absolute Gasteiger partial charge is 0.254 e. The molecule has 1 N–H and O–H groups in total. The number of likely N-dealkylation sites (tertiary alicyclic amines) is 1. The van der Waals surface area contributed by atoms with Gasteiger partial charge in [-0.05, 0) is 71.3 Å². The lowest BCUT2D eigenvalue weighted by atomic mass is 10.1. The van der Waals surface area contributed by atoms with E-state index in [4.69, 9.17) is 0 Å². The third-order valence-corrected chi connectivity index (χ3v) is 5.27. The molecule has 1 fully saturated rings. The maximum absolute atomic E-state index is 12.1. The lowest BCUT2D eigenvalue weighted by molar-refractivity contribution is -0.122. The Morgan fingerprint density at radius 3 is 2.56 bits per heavy atom. The largest absolute Gasteiger partial charge is 0.318 e. The molecule has 144 valence electrons. The zero-order chi connectivity index (χ0) is 19.4. The minimum atomic E-state index is -0.0451. The molecule has 27 heavy (non-hydrogen) atoms. The van der Waals surface area contributed by atoms with E-state index in [-0.39, 0.29) is 5.91 Å². The Bertz CT molecular complexity index is 844. The molecule has 5 nitrogen and oxygen atoms in total. The van der Waals surface area contributed by atoms with Crippen molar-refractivity contribution in [1.82, 2.24) is 14.9 Å². The number of nitrogens with one attached hydrogen (secondary N) is 1. The van der Waals surface area contributed by atoms with Crippen molar-refractivity contribution in [3.05, 3.63) is 52.3 Å². The van der Waals surface area contributed by atoms with Crippen LogP contribution in [0.3, 0.4) is 0 Å². The van der Waals surface area contributed by atoms with E-state index in [2.05, 4.69) is 72.0 Å². The zero-order valence-electron chi connectivity index (χ0n) is 16.9. The highest BCUT2D eigenvalue weighted by Crippen LogP contribution is 2.23. The molecular weight excluding hydrogens is 336 g/mol. The molecule has 2 heterocycles. The molecule has 2 aromatic rings. The summed E-state index contributed by atoms with van der Waals surface area (Å²) >= 11 is 0. The van der Waals surface area contributed by atoms with Gasteiger partial charge in [0.1, 0.15) is 0 Å². The number of hydrazone groups is 1. The monoisotopic (exact) mass is 366 g/mol. The lowest BCUT2D eigenvalue weighted by Crippen LogP contribution is -2.38. The Hall–Kier alpha value is -2.40. The van der Waals surface area contributed by atoms with Gasteiger partial charge in [-0.1, -0.05) is 24.1 Å². The van der Waals surface area contributed by atoms with Crippen molar-refractivity contribution in [3.63, 3.8) is 0 Å². The molecule has 0 aliphatic carbocycles. The summed E-state index contributed by atoms with van der Waals surface area (Å²) in [4.78, 5) is 14.3. The maximum atomic E-state index is 12.1. The number of aryl methyl sites for hydroxylation is 3. The molecule has 0 radical (unpaired) electrons. The molecule has 3 rings (SSSR count). The molecule has 0 bridgehead atoms. The topological polar surface area (TPSA) is 49.6 Å². The number of nitrogens with zero attached hydrogens (tertiary/aromatic N) is 3. The average molecular weight is 367 g/mol. The van der Waals surface area contributed by atoms with Crippen molar-refractivity contribution >= 4 is 12.1 Å². The molecule has 1 aromatic carbocycles. The first-order chi connectivity index (χ1) is 13.0. The second-order valence-electron chi connectivity index (χ2n) is 7.58. The number of benzene rings is 1. The Balaban J connectivity index is 1.69. The number of piperidine rings is 1. The molecule has 1 aromatic heterocycles. The van der Waals surface area contributed by atoms with E-state index in [9.17, 15) is 4.79 Å². The third kappa shape index (κ3) is 4.66. The van der Waals surface area contributed by atoms with Crippen LogP contribution in [0.5, 0.6) is 0 Å². The fourth-order valence-electron chi connectivity index (χ4n) is 3.88. The van der Waals surface area contributed by atoms with Crippen LogP contribution in [0.25, 0.3) is 5.69 Å². The molecule has 0 spiro atoms. The molecule has 1 aliphatic rings. The number of rotatable bonds is 5. The molecule has 1 aliphatic heterocycles. The van der Waals surface area contributed by atoms with Gasteiger partial charge in [0, 0.05) is 22.6 Å². The summed E-state index contributed by atoms with van der Waals surface area (Å²) in [6, 6.07) is 8.60. The Labute approximate surface area is 162 Å². The van der Waals surface area contributed by atoms with Gasteiger partial charge in [-0.3, -0.25) is 9.69 Å². The Kier molecular flexibility index (Phi) is 6.11. The summed E-state index contributed by atoms with van der Waals surface area (Å²) in [7, 11) is 0. The summed E-state index contributed by atoms with van der Waals surface area (Å²) in [6.07, 6.45) is 5.38. The predicted molar refractivity (Wildman–Crippen MR) is 111 cm³/mol. The summed E-state index contributed by atoms with van der Waals surface area (Å²) in [5.74, 6) is -0.0451. The van der Waals surface area contributed by atoms with Crippen LogP contribution < -0.4 is 5.43 Å². The number of aromatic nitrogens is 1. The van der Waals surface area contributed by atoms with Crippen LogP contribution in [0, 0.1) is 27.7 Å². The van der Waals surface area contributed by atoms with Crippen LogP contribution in [0.4, 0.5) is 0 Å². The van der Waals surface area contributed by atoms with Crippen LogP contribution in [0.2, 0.25) is 0 Å². The number of carbonyl (C=O) groups excluding carboxylic acids is 1. The van der Waals surface area contributed by atoms with Crippen LogP contribution in [-0.4, -0.2) is 41.2 Å². The van der Waals surface area contributed by atoms with Gasteiger partial charge in [-0.25, -0.2) is 5.43 Å². The van der Waals surface area contributed by atoms with Gasteiger partial charge in [0.25, 0.3) is 5.91 Å². The number of amides is 1. The highest BCUT2D eigenvalue weighted by Gasteiger charge is 2.14. The SMILES string of the molecule is Cc1ccc(-n2c(C)cc(/C=N\NC(=O)CN3CCCCC3)c2C)c(C)c1. The summed E-state index contributed by atoms with van der Waals surface area (Å²) < 4.78 is 2.24. The molecule has 1 amide bonds. The second-order valence-corrected chi connectivity index (χ2v) is 7.58. The summed E-state index contributed by atoms with van der Waals surface area (Å²) in [5, 5.41) is 4.19. The molecule has 0 saturated carbocycles. The van der Waals surface area contributed by atoms with Gasteiger partial charge in [-0.15, -0.1) is 0 Å². The van der Waals surface area contributed by atoms with Crippen molar-refractivity contribution in [2.45, 2.75) is 47.0 Å². The number of carbonyl (C=O) groups is 1. The maximum Gasteiger partial charge on any atom is 0.254 e. The van der Waals surface area contributed by atoms with Crippen molar-refractivity contribution in [3.8, 4) is 5.69 Å². The normalized spacial score (nSPS) is 15.4. The molecule has 5 heteroatoms. The number of hydrogen-bond acceptors (Lipinski definition) is 3. The first-order valence-electron chi connectivity index (χ1n) is 9.76. The fourth-order valence-corrected chi connectivity index (χ4v) is 3.88. The van der Waals surface area contributed by atoms with Gasteiger partial charge in [0.05, 0.1) is 12.8 Å². The predicted octanol–water partition coefficient (Wildman–Crippen LogP) is 3.65. The van der Waals surface area contributed by atoms with Crippen LogP contribution in [0.1, 0.15) is 47.3 Å². The van der Waals surface area contributed by atoms with Crippen LogP contribution >= 0.6 is 0 Å². The van der Waals surface area contributed by atoms with Crippen LogP contribution in [0.15, 0.2) is 29.4 Å². The van der Waals surface area contributed by atoms with E-state index in [1.807, 2.05) is 0 Å². The minimum absolute atomic E-state index is 0.0451.